The number of benzene rings is 4. The SMILES string of the molecule is COc1ccc(C2(c3ccc(Oc4cc(C)nc(C)n4)cc3)c3ccccc3-c3ccccc32)cc1. The summed E-state index contributed by atoms with van der Waals surface area (Å²) in [6, 6.07) is 36.1. The Morgan fingerprint density at radius 1 is 0.611 bits per heavy atom. The van der Waals surface area contributed by atoms with E-state index >= 15 is 0 Å². The molecule has 4 heteroatoms. The van der Waals surface area contributed by atoms with Crippen LogP contribution in [-0.4, -0.2) is 17.1 Å². The first kappa shape index (κ1) is 22.1. The molecular formula is C32H26N2O2. The van der Waals surface area contributed by atoms with Gasteiger partial charge in [0, 0.05) is 11.8 Å². The maximum Gasteiger partial charge on any atom is 0.222 e. The van der Waals surface area contributed by atoms with Gasteiger partial charge in [-0.3, -0.25) is 0 Å². The molecule has 0 saturated heterocycles. The number of hydrogen-bond donors (Lipinski definition) is 0. The highest BCUT2D eigenvalue weighted by Crippen LogP contribution is 2.56. The molecule has 0 radical (unpaired) electrons. The quantitative estimate of drug-likeness (QED) is 0.266. The first-order valence-electron chi connectivity index (χ1n) is 12.0. The van der Waals surface area contributed by atoms with Crippen molar-refractivity contribution in [1.29, 1.82) is 0 Å². The summed E-state index contributed by atoms with van der Waals surface area (Å²) < 4.78 is 11.6. The van der Waals surface area contributed by atoms with Crippen LogP contribution in [0.15, 0.2) is 103 Å². The Bertz CT molecular complexity index is 1490. The number of ether oxygens (including phenoxy) is 2. The fraction of sp³-hybridized carbons (Fsp3) is 0.125. The predicted molar refractivity (Wildman–Crippen MR) is 142 cm³/mol. The number of aromatic nitrogens is 2. The molecule has 176 valence electrons. The fourth-order valence-electron chi connectivity index (χ4n) is 5.49. The Morgan fingerprint density at radius 3 is 1.67 bits per heavy atom. The zero-order valence-electron chi connectivity index (χ0n) is 20.5. The van der Waals surface area contributed by atoms with E-state index in [1.165, 1.54) is 33.4 Å². The minimum absolute atomic E-state index is 0.458. The largest absolute Gasteiger partial charge is 0.497 e. The topological polar surface area (TPSA) is 44.2 Å². The van der Waals surface area contributed by atoms with Crippen molar-refractivity contribution in [2.75, 3.05) is 7.11 Å². The van der Waals surface area contributed by atoms with E-state index in [1.54, 1.807) is 7.11 Å². The summed E-state index contributed by atoms with van der Waals surface area (Å²) in [5.74, 6) is 2.82. The van der Waals surface area contributed by atoms with Crippen LogP contribution in [0.25, 0.3) is 11.1 Å². The minimum Gasteiger partial charge on any atom is -0.497 e. The highest BCUT2D eigenvalue weighted by atomic mass is 16.5. The lowest BCUT2D eigenvalue weighted by Gasteiger charge is -2.34. The summed E-state index contributed by atoms with van der Waals surface area (Å²) in [5, 5.41) is 0. The average molecular weight is 471 g/mol. The van der Waals surface area contributed by atoms with Gasteiger partial charge in [0.25, 0.3) is 0 Å². The third kappa shape index (κ3) is 3.45. The van der Waals surface area contributed by atoms with Gasteiger partial charge < -0.3 is 9.47 Å². The van der Waals surface area contributed by atoms with Gasteiger partial charge in [0.1, 0.15) is 17.3 Å². The summed E-state index contributed by atoms with van der Waals surface area (Å²) in [5.41, 5.74) is 7.85. The third-order valence-corrected chi connectivity index (χ3v) is 6.93. The molecule has 1 aliphatic rings. The summed E-state index contributed by atoms with van der Waals surface area (Å²) in [6.45, 7) is 3.81. The van der Waals surface area contributed by atoms with Crippen LogP contribution >= 0.6 is 0 Å². The third-order valence-electron chi connectivity index (χ3n) is 6.93. The van der Waals surface area contributed by atoms with Crippen LogP contribution in [0.4, 0.5) is 0 Å². The summed E-state index contributed by atoms with van der Waals surface area (Å²) in [6.07, 6.45) is 0. The lowest BCUT2D eigenvalue weighted by molar-refractivity contribution is 0.414. The minimum atomic E-state index is -0.458. The van der Waals surface area contributed by atoms with Crippen molar-refractivity contribution in [3.63, 3.8) is 0 Å². The van der Waals surface area contributed by atoms with E-state index in [1.807, 2.05) is 44.2 Å². The van der Waals surface area contributed by atoms with E-state index in [9.17, 15) is 0 Å². The van der Waals surface area contributed by atoms with Crippen LogP contribution in [0, 0.1) is 13.8 Å². The van der Waals surface area contributed by atoms with Gasteiger partial charge in [-0.25, -0.2) is 4.98 Å². The standard InChI is InChI=1S/C32H26N2O2/c1-21-20-31(34-22(2)33-21)36-26-18-14-24(15-19-26)32(23-12-16-25(35-3)17-13-23)29-10-6-4-8-27(29)28-9-5-7-11-30(28)32/h4-20H,1-3H3. The van der Waals surface area contributed by atoms with E-state index < -0.39 is 5.41 Å². The number of rotatable bonds is 5. The van der Waals surface area contributed by atoms with Gasteiger partial charge in [0.2, 0.25) is 5.88 Å². The molecule has 0 fully saturated rings. The van der Waals surface area contributed by atoms with E-state index in [0.29, 0.717) is 11.7 Å². The molecule has 0 unspecified atom stereocenters. The number of aryl methyl sites for hydroxylation is 2. The second kappa shape index (κ2) is 8.65. The normalized spacial score (nSPS) is 13.1. The van der Waals surface area contributed by atoms with Crippen molar-refractivity contribution < 1.29 is 9.47 Å². The Labute approximate surface area is 211 Å². The molecule has 0 saturated carbocycles. The predicted octanol–water partition coefficient (Wildman–Crippen LogP) is 7.26. The second-order valence-corrected chi connectivity index (χ2v) is 9.09. The molecule has 4 nitrogen and oxygen atoms in total. The van der Waals surface area contributed by atoms with Gasteiger partial charge in [-0.15, -0.1) is 0 Å². The average Bonchev–Trinajstić information content (AvgIpc) is 3.20. The van der Waals surface area contributed by atoms with Crippen molar-refractivity contribution in [3.05, 3.63) is 137 Å². The van der Waals surface area contributed by atoms with E-state index in [-0.39, 0.29) is 0 Å². The van der Waals surface area contributed by atoms with Gasteiger partial charge in [-0.1, -0.05) is 72.8 Å². The first-order chi connectivity index (χ1) is 17.6. The van der Waals surface area contributed by atoms with Gasteiger partial charge in [0.15, 0.2) is 0 Å². The number of fused-ring (bicyclic) bond motifs is 3. The first-order valence-corrected chi connectivity index (χ1v) is 12.0. The monoisotopic (exact) mass is 470 g/mol. The van der Waals surface area contributed by atoms with Gasteiger partial charge in [0.05, 0.1) is 12.5 Å². The van der Waals surface area contributed by atoms with Crippen molar-refractivity contribution in [2.24, 2.45) is 0 Å². The molecule has 36 heavy (non-hydrogen) atoms. The van der Waals surface area contributed by atoms with Gasteiger partial charge in [-0.05, 0) is 71.5 Å². The highest BCUT2D eigenvalue weighted by Gasteiger charge is 2.45. The molecular weight excluding hydrogens is 444 g/mol. The molecule has 0 bridgehead atoms. The Kier molecular flexibility index (Phi) is 5.30. The maximum atomic E-state index is 6.10. The molecule has 4 aromatic carbocycles. The Morgan fingerprint density at radius 2 is 1.14 bits per heavy atom. The molecule has 6 rings (SSSR count). The zero-order chi connectivity index (χ0) is 24.7. The highest BCUT2D eigenvalue weighted by molar-refractivity contribution is 5.86. The van der Waals surface area contributed by atoms with Crippen LogP contribution in [-0.2, 0) is 5.41 Å². The molecule has 1 heterocycles. The lowest BCUT2D eigenvalue weighted by Crippen LogP contribution is -2.28. The Balaban J connectivity index is 1.53. The van der Waals surface area contributed by atoms with Gasteiger partial charge >= 0.3 is 0 Å². The van der Waals surface area contributed by atoms with Crippen molar-refractivity contribution >= 4 is 0 Å². The molecule has 0 atom stereocenters. The van der Waals surface area contributed by atoms with Crippen LogP contribution in [0.1, 0.15) is 33.8 Å². The molecule has 0 amide bonds. The molecule has 5 aromatic rings. The van der Waals surface area contributed by atoms with Crippen LogP contribution in [0.3, 0.4) is 0 Å². The van der Waals surface area contributed by atoms with Crippen LogP contribution < -0.4 is 9.47 Å². The summed E-state index contributed by atoms with van der Waals surface area (Å²) in [7, 11) is 1.70. The van der Waals surface area contributed by atoms with Crippen molar-refractivity contribution in [3.8, 4) is 28.5 Å². The van der Waals surface area contributed by atoms with Gasteiger partial charge in [-0.2, -0.15) is 4.98 Å². The van der Waals surface area contributed by atoms with Crippen LogP contribution in [0.2, 0.25) is 0 Å². The molecule has 0 aliphatic heterocycles. The summed E-state index contributed by atoms with van der Waals surface area (Å²) >= 11 is 0. The fourth-order valence-corrected chi connectivity index (χ4v) is 5.49. The second-order valence-electron chi connectivity index (χ2n) is 9.09. The Hall–Kier alpha value is -4.44. The van der Waals surface area contributed by atoms with Crippen molar-refractivity contribution in [2.45, 2.75) is 19.3 Å². The number of hydrogen-bond acceptors (Lipinski definition) is 4. The maximum absolute atomic E-state index is 6.10. The van der Waals surface area contributed by atoms with Crippen LogP contribution in [0.5, 0.6) is 17.4 Å². The smallest absolute Gasteiger partial charge is 0.222 e. The number of nitrogens with zero attached hydrogens (tertiary/aromatic N) is 2. The van der Waals surface area contributed by atoms with E-state index in [4.69, 9.17) is 9.47 Å². The van der Waals surface area contributed by atoms with E-state index in [2.05, 4.69) is 82.8 Å². The molecule has 1 aromatic heterocycles. The summed E-state index contributed by atoms with van der Waals surface area (Å²) in [4.78, 5) is 8.76. The number of methoxy groups -OCH3 is 1. The van der Waals surface area contributed by atoms with E-state index in [0.717, 1.165) is 17.2 Å². The molecule has 0 spiro atoms. The zero-order valence-corrected chi connectivity index (χ0v) is 20.5. The lowest BCUT2D eigenvalue weighted by atomic mass is 9.68. The molecule has 1 aliphatic carbocycles. The molecule has 0 N–H and O–H groups in total. The van der Waals surface area contributed by atoms with Crippen molar-refractivity contribution in [1.82, 2.24) is 9.97 Å².